The summed E-state index contributed by atoms with van der Waals surface area (Å²) in [7, 11) is 0. The summed E-state index contributed by atoms with van der Waals surface area (Å²) in [4.78, 5) is 14.4. The van der Waals surface area contributed by atoms with Crippen LogP contribution in [-0.4, -0.2) is 37.0 Å². The first-order valence-corrected chi connectivity index (χ1v) is 6.76. The second kappa shape index (κ2) is 5.21. The van der Waals surface area contributed by atoms with Crippen LogP contribution in [0.4, 0.5) is 0 Å². The maximum atomic E-state index is 12.0. The third-order valence-corrected chi connectivity index (χ3v) is 3.67. The molecule has 0 aromatic heterocycles. The van der Waals surface area contributed by atoms with E-state index in [1.807, 2.05) is 12.1 Å². The Kier molecular flexibility index (Phi) is 3.43. The molecule has 3 nitrogen and oxygen atoms in total. The fourth-order valence-corrected chi connectivity index (χ4v) is 2.42. The zero-order chi connectivity index (χ0) is 12.4. The Morgan fingerprint density at radius 3 is 2.78 bits per heavy atom. The number of Topliss-reactive ketones (excluding diaryl/α,β-unsaturated/α-hetero) is 1. The Morgan fingerprint density at radius 2 is 2.06 bits per heavy atom. The number of rotatable bonds is 4. The van der Waals surface area contributed by atoms with E-state index in [1.165, 1.54) is 5.56 Å². The van der Waals surface area contributed by atoms with Gasteiger partial charge in [-0.15, -0.1) is 0 Å². The topological polar surface area (TPSA) is 29.5 Å². The number of carbonyl (C=O) groups is 1. The second-order valence-electron chi connectivity index (χ2n) is 5.23. The average molecular weight is 245 g/mol. The summed E-state index contributed by atoms with van der Waals surface area (Å²) in [6, 6.07) is 8.13. The van der Waals surface area contributed by atoms with E-state index >= 15 is 0 Å². The minimum atomic E-state index is 0.309. The number of morpholine rings is 1. The van der Waals surface area contributed by atoms with Crippen LogP contribution in [0.25, 0.3) is 0 Å². The second-order valence-corrected chi connectivity index (χ2v) is 5.23. The third kappa shape index (κ3) is 2.79. The molecule has 0 amide bonds. The molecule has 3 rings (SSSR count). The van der Waals surface area contributed by atoms with Crippen LogP contribution in [-0.2, 0) is 11.3 Å². The Bertz CT molecular complexity index is 434. The van der Waals surface area contributed by atoms with Gasteiger partial charge in [-0.05, 0) is 24.5 Å². The fraction of sp³-hybridized carbons (Fsp3) is 0.533. The van der Waals surface area contributed by atoms with Gasteiger partial charge in [-0.25, -0.2) is 0 Å². The highest BCUT2D eigenvalue weighted by Crippen LogP contribution is 2.32. The van der Waals surface area contributed by atoms with Gasteiger partial charge in [-0.2, -0.15) is 0 Å². The Morgan fingerprint density at radius 1 is 1.28 bits per heavy atom. The molecule has 1 aromatic carbocycles. The van der Waals surface area contributed by atoms with E-state index in [9.17, 15) is 4.79 Å². The van der Waals surface area contributed by atoms with Gasteiger partial charge in [0.1, 0.15) is 0 Å². The van der Waals surface area contributed by atoms with Gasteiger partial charge in [-0.3, -0.25) is 9.69 Å². The number of benzene rings is 1. The van der Waals surface area contributed by atoms with Crippen molar-refractivity contribution in [3.63, 3.8) is 0 Å². The first-order valence-electron chi connectivity index (χ1n) is 6.76. The molecular formula is C15H19NO2. The Hall–Kier alpha value is -1.19. The lowest BCUT2D eigenvalue weighted by molar-refractivity contribution is 0.0342. The van der Waals surface area contributed by atoms with Crippen molar-refractivity contribution < 1.29 is 9.53 Å². The minimum absolute atomic E-state index is 0.309. The maximum Gasteiger partial charge on any atom is 0.165 e. The highest BCUT2D eigenvalue weighted by atomic mass is 16.5. The molecule has 0 spiro atoms. The van der Waals surface area contributed by atoms with Gasteiger partial charge in [-0.1, -0.05) is 18.2 Å². The summed E-state index contributed by atoms with van der Waals surface area (Å²) in [6.45, 7) is 4.54. The van der Waals surface area contributed by atoms with Crippen LogP contribution in [0.1, 0.15) is 28.8 Å². The molecule has 2 fully saturated rings. The zero-order valence-corrected chi connectivity index (χ0v) is 10.6. The van der Waals surface area contributed by atoms with Gasteiger partial charge in [0.05, 0.1) is 13.2 Å². The summed E-state index contributed by atoms with van der Waals surface area (Å²) >= 11 is 0. The van der Waals surface area contributed by atoms with E-state index in [-0.39, 0.29) is 0 Å². The monoisotopic (exact) mass is 245 g/mol. The molecule has 2 aliphatic rings. The van der Waals surface area contributed by atoms with E-state index in [0.29, 0.717) is 11.7 Å². The van der Waals surface area contributed by atoms with Gasteiger partial charge in [0, 0.05) is 31.1 Å². The molecule has 1 aliphatic carbocycles. The van der Waals surface area contributed by atoms with E-state index in [1.54, 1.807) is 0 Å². The standard InChI is InChI=1S/C15H19NO2/c17-15(13-4-5-13)14-3-1-2-12(10-14)11-16-6-8-18-9-7-16/h1-3,10,13H,4-9,11H2. The molecule has 1 aromatic rings. The van der Waals surface area contributed by atoms with Gasteiger partial charge in [0.15, 0.2) is 5.78 Å². The van der Waals surface area contributed by atoms with E-state index in [0.717, 1.165) is 51.3 Å². The van der Waals surface area contributed by atoms with Gasteiger partial charge >= 0.3 is 0 Å². The lowest BCUT2D eigenvalue weighted by Crippen LogP contribution is -2.35. The Balaban J connectivity index is 1.67. The first kappa shape index (κ1) is 11.9. The normalized spacial score (nSPS) is 20.9. The highest BCUT2D eigenvalue weighted by Gasteiger charge is 2.30. The summed E-state index contributed by atoms with van der Waals surface area (Å²) < 4.78 is 5.34. The largest absolute Gasteiger partial charge is 0.379 e. The van der Waals surface area contributed by atoms with Crippen LogP contribution in [0.5, 0.6) is 0 Å². The van der Waals surface area contributed by atoms with Crippen LogP contribution >= 0.6 is 0 Å². The predicted molar refractivity (Wildman–Crippen MR) is 69.6 cm³/mol. The summed E-state index contributed by atoms with van der Waals surface area (Å²) in [5, 5.41) is 0. The van der Waals surface area contributed by atoms with Crippen molar-refractivity contribution in [3.05, 3.63) is 35.4 Å². The van der Waals surface area contributed by atoms with E-state index in [2.05, 4.69) is 17.0 Å². The Labute approximate surface area is 108 Å². The van der Waals surface area contributed by atoms with Crippen molar-refractivity contribution in [2.75, 3.05) is 26.3 Å². The zero-order valence-electron chi connectivity index (χ0n) is 10.6. The van der Waals surface area contributed by atoms with Crippen molar-refractivity contribution in [1.82, 2.24) is 4.90 Å². The SMILES string of the molecule is O=C(c1cccc(CN2CCOCC2)c1)C1CC1. The van der Waals surface area contributed by atoms with Crippen molar-refractivity contribution in [2.45, 2.75) is 19.4 Å². The van der Waals surface area contributed by atoms with Crippen molar-refractivity contribution in [1.29, 1.82) is 0 Å². The van der Waals surface area contributed by atoms with Crippen molar-refractivity contribution in [3.8, 4) is 0 Å². The number of nitrogens with zero attached hydrogens (tertiary/aromatic N) is 1. The van der Waals surface area contributed by atoms with Crippen molar-refractivity contribution in [2.24, 2.45) is 5.92 Å². The molecule has 18 heavy (non-hydrogen) atoms. The first-order chi connectivity index (χ1) is 8.83. The minimum Gasteiger partial charge on any atom is -0.379 e. The third-order valence-electron chi connectivity index (χ3n) is 3.67. The summed E-state index contributed by atoms with van der Waals surface area (Å²) in [6.07, 6.45) is 2.15. The smallest absolute Gasteiger partial charge is 0.165 e. The van der Waals surface area contributed by atoms with Gasteiger partial charge in [0.25, 0.3) is 0 Å². The van der Waals surface area contributed by atoms with Crippen LogP contribution in [0.2, 0.25) is 0 Å². The molecule has 1 aliphatic heterocycles. The maximum absolute atomic E-state index is 12.0. The molecule has 1 saturated carbocycles. The molecule has 1 heterocycles. The number of hydrogen-bond acceptors (Lipinski definition) is 3. The van der Waals surface area contributed by atoms with E-state index in [4.69, 9.17) is 4.74 Å². The number of hydrogen-bond donors (Lipinski definition) is 0. The highest BCUT2D eigenvalue weighted by molar-refractivity contribution is 5.99. The molecule has 0 bridgehead atoms. The summed E-state index contributed by atoms with van der Waals surface area (Å²) in [5.74, 6) is 0.641. The quantitative estimate of drug-likeness (QED) is 0.761. The average Bonchev–Trinajstić information content (AvgIpc) is 3.24. The molecular weight excluding hydrogens is 226 g/mol. The number of ether oxygens (including phenoxy) is 1. The summed E-state index contributed by atoms with van der Waals surface area (Å²) in [5.41, 5.74) is 2.13. The van der Waals surface area contributed by atoms with Crippen LogP contribution in [0.15, 0.2) is 24.3 Å². The predicted octanol–water partition coefficient (Wildman–Crippen LogP) is 2.11. The van der Waals surface area contributed by atoms with Crippen molar-refractivity contribution >= 4 is 5.78 Å². The lowest BCUT2D eigenvalue weighted by Gasteiger charge is -2.26. The molecule has 0 N–H and O–H groups in total. The number of ketones is 1. The fourth-order valence-electron chi connectivity index (χ4n) is 2.42. The van der Waals surface area contributed by atoms with Crippen LogP contribution in [0, 0.1) is 5.92 Å². The molecule has 3 heteroatoms. The van der Waals surface area contributed by atoms with Gasteiger partial charge in [0.2, 0.25) is 0 Å². The molecule has 0 unspecified atom stereocenters. The molecule has 0 radical (unpaired) electrons. The number of carbonyl (C=O) groups excluding carboxylic acids is 1. The molecule has 96 valence electrons. The van der Waals surface area contributed by atoms with Crippen LogP contribution in [0.3, 0.4) is 0 Å². The van der Waals surface area contributed by atoms with Gasteiger partial charge < -0.3 is 4.74 Å². The van der Waals surface area contributed by atoms with E-state index < -0.39 is 0 Å². The molecule has 1 saturated heterocycles. The lowest BCUT2D eigenvalue weighted by atomic mass is 10.0. The van der Waals surface area contributed by atoms with Crippen LogP contribution < -0.4 is 0 Å². The molecule has 0 atom stereocenters.